The molecule has 1 heterocycles. The second-order valence-electron chi connectivity index (χ2n) is 2.82. The van der Waals surface area contributed by atoms with Gasteiger partial charge in [-0.2, -0.15) is 0 Å². The zero-order chi connectivity index (χ0) is 9.14. The summed E-state index contributed by atoms with van der Waals surface area (Å²) < 4.78 is 0. The van der Waals surface area contributed by atoms with Crippen LogP contribution in [0.15, 0.2) is 11.1 Å². The highest BCUT2D eigenvalue weighted by atomic mass is 32.2. The van der Waals surface area contributed by atoms with Crippen molar-refractivity contribution in [2.24, 2.45) is 11.8 Å². The lowest BCUT2D eigenvalue weighted by Gasteiger charge is -2.06. The average Bonchev–Trinajstić information content (AvgIpc) is 2.34. The van der Waals surface area contributed by atoms with Gasteiger partial charge < -0.3 is 10.1 Å². The van der Waals surface area contributed by atoms with Crippen LogP contribution in [-0.2, 0) is 4.79 Å². The third-order valence-electron chi connectivity index (χ3n) is 1.64. The summed E-state index contributed by atoms with van der Waals surface area (Å²) >= 11 is 1.60. The quantitative estimate of drug-likeness (QED) is 0.642. The fourth-order valence-corrected chi connectivity index (χ4v) is 1.97. The SMILES string of the molecule is C[C@@H](CC(=O)O)C1=CN(N)CS1. The Morgan fingerprint density at radius 2 is 2.67 bits per heavy atom. The van der Waals surface area contributed by atoms with Crippen LogP contribution in [-0.4, -0.2) is 22.0 Å². The number of hydrazine groups is 1. The molecule has 0 aromatic rings. The molecule has 5 heteroatoms. The van der Waals surface area contributed by atoms with Crippen LogP contribution < -0.4 is 5.84 Å². The summed E-state index contributed by atoms with van der Waals surface area (Å²) in [6, 6.07) is 0. The highest BCUT2D eigenvalue weighted by Crippen LogP contribution is 2.31. The van der Waals surface area contributed by atoms with Crippen LogP contribution in [0.3, 0.4) is 0 Å². The molecule has 0 fully saturated rings. The Morgan fingerprint density at radius 3 is 3.08 bits per heavy atom. The summed E-state index contributed by atoms with van der Waals surface area (Å²) in [4.78, 5) is 11.4. The van der Waals surface area contributed by atoms with Crippen molar-refractivity contribution in [2.45, 2.75) is 13.3 Å². The number of hydrogen-bond acceptors (Lipinski definition) is 4. The number of nitrogens with zero attached hydrogens (tertiary/aromatic N) is 1. The van der Waals surface area contributed by atoms with Crippen LogP contribution >= 0.6 is 11.8 Å². The molecule has 0 saturated carbocycles. The molecule has 0 amide bonds. The van der Waals surface area contributed by atoms with E-state index >= 15 is 0 Å². The van der Waals surface area contributed by atoms with Gasteiger partial charge in [-0.15, -0.1) is 11.8 Å². The van der Waals surface area contributed by atoms with E-state index in [0.29, 0.717) is 0 Å². The number of carbonyl (C=O) groups is 1. The minimum atomic E-state index is -0.764. The number of allylic oxidation sites excluding steroid dienone is 1. The molecule has 0 saturated heterocycles. The monoisotopic (exact) mass is 188 g/mol. The van der Waals surface area contributed by atoms with E-state index < -0.39 is 5.97 Å². The highest BCUT2D eigenvalue weighted by Gasteiger charge is 2.18. The molecule has 0 radical (unpaired) electrons. The first-order valence-corrected chi connectivity index (χ1v) is 4.66. The van der Waals surface area contributed by atoms with Crippen molar-refractivity contribution in [1.82, 2.24) is 5.01 Å². The summed E-state index contributed by atoms with van der Waals surface area (Å²) in [5, 5.41) is 10.1. The molecule has 1 atom stereocenters. The van der Waals surface area contributed by atoms with E-state index in [0.717, 1.165) is 10.8 Å². The molecule has 0 spiro atoms. The first-order valence-electron chi connectivity index (χ1n) is 3.67. The van der Waals surface area contributed by atoms with Crippen molar-refractivity contribution < 1.29 is 9.90 Å². The normalized spacial score (nSPS) is 19.2. The number of thioether (sulfide) groups is 1. The number of rotatable bonds is 3. The van der Waals surface area contributed by atoms with Gasteiger partial charge in [0.05, 0.1) is 12.3 Å². The molecular formula is C7H12N2O2S. The summed E-state index contributed by atoms with van der Waals surface area (Å²) in [6.07, 6.45) is 1.98. The zero-order valence-electron chi connectivity index (χ0n) is 6.86. The van der Waals surface area contributed by atoms with E-state index in [4.69, 9.17) is 10.9 Å². The van der Waals surface area contributed by atoms with Gasteiger partial charge >= 0.3 is 5.97 Å². The van der Waals surface area contributed by atoms with E-state index in [1.165, 1.54) is 0 Å². The lowest BCUT2D eigenvalue weighted by molar-refractivity contribution is -0.137. The smallest absolute Gasteiger partial charge is 0.303 e. The third kappa shape index (κ3) is 2.42. The predicted octanol–water partition coefficient (Wildman–Crippen LogP) is 0.819. The van der Waals surface area contributed by atoms with Gasteiger partial charge in [0.25, 0.3) is 0 Å². The molecule has 0 unspecified atom stereocenters. The van der Waals surface area contributed by atoms with Gasteiger partial charge in [0.1, 0.15) is 0 Å². The molecule has 0 bridgehead atoms. The van der Waals surface area contributed by atoms with Crippen LogP contribution in [0.25, 0.3) is 0 Å². The molecule has 0 aromatic heterocycles. The van der Waals surface area contributed by atoms with Crippen LogP contribution in [0.2, 0.25) is 0 Å². The molecule has 4 nitrogen and oxygen atoms in total. The van der Waals surface area contributed by atoms with Crippen molar-refractivity contribution in [3.63, 3.8) is 0 Å². The maximum absolute atomic E-state index is 10.4. The van der Waals surface area contributed by atoms with E-state index in [1.807, 2.05) is 6.92 Å². The van der Waals surface area contributed by atoms with Gasteiger partial charge in [0.15, 0.2) is 0 Å². The Bertz CT molecular complexity index is 217. The number of aliphatic carboxylic acids is 1. The van der Waals surface area contributed by atoms with Gasteiger partial charge in [-0.3, -0.25) is 4.79 Å². The Labute approximate surface area is 75.4 Å². The molecule has 0 aliphatic carbocycles. The Morgan fingerprint density at radius 1 is 2.00 bits per heavy atom. The highest BCUT2D eigenvalue weighted by molar-refractivity contribution is 8.03. The summed E-state index contributed by atoms with van der Waals surface area (Å²) in [5.41, 5.74) is 0. The van der Waals surface area contributed by atoms with Crippen molar-refractivity contribution >= 4 is 17.7 Å². The van der Waals surface area contributed by atoms with Crippen molar-refractivity contribution in [1.29, 1.82) is 0 Å². The van der Waals surface area contributed by atoms with Gasteiger partial charge in [-0.25, -0.2) is 5.84 Å². The summed E-state index contributed by atoms with van der Waals surface area (Å²) in [5.74, 6) is 5.51. The molecule has 3 N–H and O–H groups in total. The summed E-state index contributed by atoms with van der Waals surface area (Å²) in [6.45, 7) is 1.89. The Balaban J connectivity index is 2.47. The van der Waals surface area contributed by atoms with Crippen LogP contribution in [0.5, 0.6) is 0 Å². The maximum Gasteiger partial charge on any atom is 0.303 e. The standard InChI is InChI=1S/C7H12N2O2S/c1-5(2-7(10)11)6-3-9(8)4-12-6/h3,5H,2,4,8H2,1H3,(H,10,11)/t5-/m0/s1. The van der Waals surface area contributed by atoms with Crippen LogP contribution in [0, 0.1) is 5.92 Å². The lowest BCUT2D eigenvalue weighted by atomic mass is 10.1. The summed E-state index contributed by atoms with van der Waals surface area (Å²) in [7, 11) is 0. The van der Waals surface area contributed by atoms with Gasteiger partial charge in [-0.1, -0.05) is 6.92 Å². The maximum atomic E-state index is 10.4. The average molecular weight is 188 g/mol. The molecule has 1 rings (SSSR count). The van der Waals surface area contributed by atoms with E-state index in [-0.39, 0.29) is 12.3 Å². The third-order valence-corrected chi connectivity index (χ3v) is 2.91. The largest absolute Gasteiger partial charge is 0.481 e. The molecule has 0 aromatic carbocycles. The second-order valence-corrected chi connectivity index (χ2v) is 3.84. The van der Waals surface area contributed by atoms with Gasteiger partial charge in [0.2, 0.25) is 0 Å². The second kappa shape index (κ2) is 3.82. The number of carboxylic acids is 1. The number of carboxylic acid groups (broad SMARTS) is 1. The molecule has 1 aliphatic rings. The van der Waals surface area contributed by atoms with Gasteiger partial charge in [-0.05, 0) is 5.92 Å². The topological polar surface area (TPSA) is 66.6 Å². The lowest BCUT2D eigenvalue weighted by Crippen LogP contribution is -2.20. The minimum Gasteiger partial charge on any atom is -0.481 e. The molecule has 12 heavy (non-hydrogen) atoms. The molecular weight excluding hydrogens is 176 g/mol. The fourth-order valence-electron chi connectivity index (χ4n) is 1.02. The van der Waals surface area contributed by atoms with Crippen molar-refractivity contribution in [3.8, 4) is 0 Å². The Hall–Kier alpha value is -0.680. The minimum absolute atomic E-state index is 0.0704. The zero-order valence-corrected chi connectivity index (χ0v) is 7.67. The molecule has 1 aliphatic heterocycles. The first-order chi connectivity index (χ1) is 5.59. The molecule has 68 valence electrons. The van der Waals surface area contributed by atoms with E-state index in [1.54, 1.807) is 23.0 Å². The van der Waals surface area contributed by atoms with Crippen molar-refractivity contribution in [3.05, 3.63) is 11.1 Å². The van der Waals surface area contributed by atoms with E-state index in [9.17, 15) is 4.79 Å². The van der Waals surface area contributed by atoms with Crippen LogP contribution in [0.1, 0.15) is 13.3 Å². The van der Waals surface area contributed by atoms with E-state index in [2.05, 4.69) is 0 Å². The van der Waals surface area contributed by atoms with Crippen LogP contribution in [0.4, 0.5) is 0 Å². The Kier molecular flexibility index (Phi) is 2.99. The number of nitrogens with two attached hydrogens (primary N) is 1. The van der Waals surface area contributed by atoms with Gasteiger partial charge in [0, 0.05) is 11.1 Å². The van der Waals surface area contributed by atoms with Crippen molar-refractivity contribution in [2.75, 3.05) is 5.88 Å². The first kappa shape index (κ1) is 9.41. The fraction of sp³-hybridized carbons (Fsp3) is 0.571. The number of hydrogen-bond donors (Lipinski definition) is 2. The predicted molar refractivity (Wildman–Crippen MR) is 48.0 cm³/mol.